The van der Waals surface area contributed by atoms with E-state index in [-0.39, 0.29) is 4.90 Å². The molecule has 21 heavy (non-hydrogen) atoms. The molecule has 1 aliphatic heterocycles. The van der Waals surface area contributed by atoms with Crippen LogP contribution in [0.25, 0.3) is 0 Å². The molecule has 0 saturated carbocycles. The first-order valence-corrected chi connectivity index (χ1v) is 9.11. The van der Waals surface area contributed by atoms with Crippen LogP contribution in [-0.4, -0.2) is 13.4 Å². The summed E-state index contributed by atoms with van der Waals surface area (Å²) in [6, 6.07) is 5.25. The van der Waals surface area contributed by atoms with E-state index in [1.807, 2.05) is 19.9 Å². The Balaban J connectivity index is 1.89. The SMILES string of the molecule is CCc1nc(NS(=O)(=O)c2ccc3c(c2)CNC3)sc1C. The molecule has 1 aromatic heterocycles. The maximum Gasteiger partial charge on any atom is 0.263 e. The van der Waals surface area contributed by atoms with Gasteiger partial charge in [0.2, 0.25) is 0 Å². The lowest BCUT2D eigenvalue weighted by Crippen LogP contribution is -2.13. The first-order chi connectivity index (χ1) is 9.99. The molecule has 0 bridgehead atoms. The zero-order valence-electron chi connectivity index (χ0n) is 11.9. The largest absolute Gasteiger partial charge is 0.309 e. The van der Waals surface area contributed by atoms with Crippen LogP contribution in [0.2, 0.25) is 0 Å². The molecule has 112 valence electrons. The summed E-state index contributed by atoms with van der Waals surface area (Å²) < 4.78 is 27.5. The Labute approximate surface area is 128 Å². The smallest absolute Gasteiger partial charge is 0.263 e. The lowest BCUT2D eigenvalue weighted by molar-refractivity contribution is 0.601. The number of anilines is 1. The van der Waals surface area contributed by atoms with Crippen molar-refractivity contribution in [2.45, 2.75) is 38.3 Å². The predicted molar refractivity (Wildman–Crippen MR) is 84.0 cm³/mol. The number of benzene rings is 1. The van der Waals surface area contributed by atoms with Crippen LogP contribution in [0, 0.1) is 6.92 Å². The number of aromatic nitrogens is 1. The molecule has 2 N–H and O–H groups in total. The quantitative estimate of drug-likeness (QED) is 0.906. The molecule has 0 spiro atoms. The second-order valence-electron chi connectivity index (χ2n) is 5.02. The summed E-state index contributed by atoms with van der Waals surface area (Å²) in [6.07, 6.45) is 0.800. The van der Waals surface area contributed by atoms with E-state index in [1.54, 1.807) is 12.1 Å². The van der Waals surface area contributed by atoms with Gasteiger partial charge in [-0.25, -0.2) is 13.4 Å². The lowest BCUT2D eigenvalue weighted by atomic mass is 10.1. The van der Waals surface area contributed by atoms with Crippen molar-refractivity contribution in [2.75, 3.05) is 4.72 Å². The summed E-state index contributed by atoms with van der Waals surface area (Å²) in [7, 11) is -3.58. The van der Waals surface area contributed by atoms with Gasteiger partial charge in [-0.15, -0.1) is 11.3 Å². The first kappa shape index (κ1) is 14.5. The summed E-state index contributed by atoms with van der Waals surface area (Å²) in [6.45, 7) is 5.48. The highest BCUT2D eigenvalue weighted by Gasteiger charge is 2.20. The Morgan fingerprint density at radius 2 is 2.10 bits per heavy atom. The van der Waals surface area contributed by atoms with Crippen LogP contribution in [-0.2, 0) is 29.5 Å². The maximum absolute atomic E-state index is 12.4. The molecule has 3 rings (SSSR count). The standard InChI is InChI=1S/C14H17N3O2S2/c1-3-13-9(2)20-14(16-13)17-21(18,19)12-5-4-10-7-15-8-11(10)6-12/h4-6,15H,3,7-8H2,1-2H3,(H,16,17). The molecular weight excluding hydrogens is 306 g/mol. The Morgan fingerprint density at radius 3 is 2.81 bits per heavy atom. The van der Waals surface area contributed by atoms with Crippen LogP contribution in [0.1, 0.15) is 28.6 Å². The van der Waals surface area contributed by atoms with Crippen molar-refractivity contribution in [2.24, 2.45) is 0 Å². The highest BCUT2D eigenvalue weighted by Crippen LogP contribution is 2.26. The summed E-state index contributed by atoms with van der Waals surface area (Å²) in [5.74, 6) is 0. The van der Waals surface area contributed by atoms with E-state index in [4.69, 9.17) is 0 Å². The number of rotatable bonds is 4. The molecule has 0 fully saturated rings. The van der Waals surface area contributed by atoms with Gasteiger partial charge in [-0.2, -0.15) is 0 Å². The van der Waals surface area contributed by atoms with E-state index >= 15 is 0 Å². The molecule has 1 aliphatic rings. The van der Waals surface area contributed by atoms with Gasteiger partial charge in [0.05, 0.1) is 10.6 Å². The van der Waals surface area contributed by atoms with Crippen molar-refractivity contribution in [1.82, 2.24) is 10.3 Å². The van der Waals surface area contributed by atoms with Crippen molar-refractivity contribution in [3.05, 3.63) is 39.9 Å². The molecule has 0 saturated heterocycles. The van der Waals surface area contributed by atoms with Gasteiger partial charge in [-0.3, -0.25) is 4.72 Å². The average molecular weight is 323 g/mol. The van der Waals surface area contributed by atoms with Crippen LogP contribution in [0.15, 0.2) is 23.1 Å². The zero-order chi connectivity index (χ0) is 15.0. The number of aryl methyl sites for hydroxylation is 2. The molecule has 0 atom stereocenters. The maximum atomic E-state index is 12.4. The molecule has 0 amide bonds. The fourth-order valence-corrected chi connectivity index (χ4v) is 4.60. The number of hydrogen-bond donors (Lipinski definition) is 2. The number of hydrogen-bond acceptors (Lipinski definition) is 5. The van der Waals surface area contributed by atoms with Crippen molar-refractivity contribution in [3.63, 3.8) is 0 Å². The highest BCUT2D eigenvalue weighted by atomic mass is 32.2. The third-order valence-corrected chi connectivity index (χ3v) is 5.96. The molecular formula is C14H17N3O2S2. The Hall–Kier alpha value is -1.44. The van der Waals surface area contributed by atoms with Crippen molar-refractivity contribution < 1.29 is 8.42 Å². The Morgan fingerprint density at radius 1 is 1.33 bits per heavy atom. The van der Waals surface area contributed by atoms with Crippen LogP contribution < -0.4 is 10.0 Å². The highest BCUT2D eigenvalue weighted by molar-refractivity contribution is 7.93. The number of fused-ring (bicyclic) bond motifs is 1. The summed E-state index contributed by atoms with van der Waals surface area (Å²) in [5, 5.41) is 3.64. The fourth-order valence-electron chi connectivity index (χ4n) is 2.41. The second-order valence-corrected chi connectivity index (χ2v) is 7.90. The molecule has 1 aromatic carbocycles. The van der Waals surface area contributed by atoms with Crippen LogP contribution in [0.3, 0.4) is 0 Å². The van der Waals surface area contributed by atoms with E-state index in [1.165, 1.54) is 11.3 Å². The Kier molecular flexibility index (Phi) is 3.73. The van der Waals surface area contributed by atoms with Gasteiger partial charge in [-0.1, -0.05) is 13.0 Å². The van der Waals surface area contributed by atoms with Gasteiger partial charge in [-0.05, 0) is 36.6 Å². The predicted octanol–water partition coefficient (Wildman–Crippen LogP) is 2.42. The van der Waals surface area contributed by atoms with E-state index in [0.29, 0.717) is 5.13 Å². The van der Waals surface area contributed by atoms with E-state index in [9.17, 15) is 8.42 Å². The minimum absolute atomic E-state index is 0.288. The van der Waals surface area contributed by atoms with Gasteiger partial charge in [0.1, 0.15) is 0 Å². The molecule has 7 heteroatoms. The molecule has 0 unspecified atom stereocenters. The summed E-state index contributed by atoms with van der Waals surface area (Å²) in [5.41, 5.74) is 3.14. The zero-order valence-corrected chi connectivity index (χ0v) is 13.6. The van der Waals surface area contributed by atoms with Gasteiger partial charge in [0, 0.05) is 18.0 Å². The third kappa shape index (κ3) is 2.81. The molecule has 2 aromatic rings. The topological polar surface area (TPSA) is 71.1 Å². The second kappa shape index (κ2) is 5.40. The normalized spacial score (nSPS) is 14.2. The average Bonchev–Trinajstić information content (AvgIpc) is 3.03. The molecule has 0 radical (unpaired) electrons. The summed E-state index contributed by atoms with van der Waals surface area (Å²) >= 11 is 1.37. The van der Waals surface area contributed by atoms with Gasteiger partial charge in [0.25, 0.3) is 10.0 Å². The minimum Gasteiger partial charge on any atom is -0.309 e. The van der Waals surface area contributed by atoms with Crippen molar-refractivity contribution >= 4 is 26.5 Å². The third-order valence-electron chi connectivity index (χ3n) is 3.57. The fraction of sp³-hybridized carbons (Fsp3) is 0.357. The first-order valence-electron chi connectivity index (χ1n) is 6.81. The van der Waals surface area contributed by atoms with Crippen LogP contribution >= 0.6 is 11.3 Å². The minimum atomic E-state index is -3.58. The van der Waals surface area contributed by atoms with Gasteiger partial charge in [0.15, 0.2) is 5.13 Å². The van der Waals surface area contributed by atoms with Crippen molar-refractivity contribution in [3.8, 4) is 0 Å². The van der Waals surface area contributed by atoms with Gasteiger partial charge < -0.3 is 5.32 Å². The van der Waals surface area contributed by atoms with Crippen LogP contribution in [0.5, 0.6) is 0 Å². The van der Waals surface area contributed by atoms with E-state index in [0.717, 1.165) is 41.2 Å². The van der Waals surface area contributed by atoms with E-state index < -0.39 is 10.0 Å². The van der Waals surface area contributed by atoms with E-state index in [2.05, 4.69) is 15.0 Å². The number of nitrogens with zero attached hydrogens (tertiary/aromatic N) is 1. The summed E-state index contributed by atoms with van der Waals surface area (Å²) in [4.78, 5) is 5.66. The number of thiazole rings is 1. The van der Waals surface area contributed by atoms with Crippen LogP contribution in [0.4, 0.5) is 5.13 Å². The lowest BCUT2D eigenvalue weighted by Gasteiger charge is -2.07. The monoisotopic (exact) mass is 323 g/mol. The molecule has 0 aliphatic carbocycles. The number of sulfonamides is 1. The van der Waals surface area contributed by atoms with Gasteiger partial charge >= 0.3 is 0 Å². The Bertz CT molecular complexity index is 782. The molecule has 5 nitrogen and oxygen atoms in total. The number of nitrogens with one attached hydrogen (secondary N) is 2. The molecule has 2 heterocycles. The van der Waals surface area contributed by atoms with Crippen molar-refractivity contribution in [1.29, 1.82) is 0 Å².